The summed E-state index contributed by atoms with van der Waals surface area (Å²) in [5.74, 6) is 0.468. The third-order valence-electron chi connectivity index (χ3n) is 4.37. The van der Waals surface area contributed by atoms with E-state index in [0.717, 1.165) is 0 Å². The zero-order chi connectivity index (χ0) is 22.2. The number of hydrogen-bond acceptors (Lipinski definition) is 4. The normalized spacial score (nSPS) is 11.3. The third kappa shape index (κ3) is 5.99. The number of nitrogens with one attached hydrogen (secondary N) is 2. The summed E-state index contributed by atoms with van der Waals surface area (Å²) >= 11 is 6.06. The Hall–Kier alpha value is -3.51. The number of anilines is 2. The quantitative estimate of drug-likeness (QED) is 0.494. The van der Waals surface area contributed by atoms with Gasteiger partial charge >= 0.3 is 0 Å². The smallest absolute Gasteiger partial charge is 0.265 e. The minimum atomic E-state index is -0.756. The van der Waals surface area contributed by atoms with Gasteiger partial charge in [0.25, 0.3) is 11.8 Å². The molecular weight excluding hydrogens is 416 g/mol. The number of hydrogen-bond donors (Lipinski definition) is 2. The fraction of sp³-hybridized carbons (Fsp3) is 0.167. The van der Waals surface area contributed by atoms with Crippen LogP contribution in [0.4, 0.5) is 11.4 Å². The van der Waals surface area contributed by atoms with Crippen LogP contribution in [0.5, 0.6) is 11.5 Å². The molecule has 0 aliphatic carbocycles. The van der Waals surface area contributed by atoms with Crippen molar-refractivity contribution in [3.63, 3.8) is 0 Å². The number of halogens is 1. The summed E-state index contributed by atoms with van der Waals surface area (Å²) in [6, 6.07) is 20.8. The lowest BCUT2D eigenvalue weighted by Crippen LogP contribution is -2.30. The molecule has 3 rings (SSSR count). The molecule has 7 heteroatoms. The van der Waals surface area contributed by atoms with Crippen molar-refractivity contribution in [3.05, 3.63) is 83.4 Å². The second-order valence-electron chi connectivity index (χ2n) is 6.64. The van der Waals surface area contributed by atoms with Gasteiger partial charge in [-0.25, -0.2) is 0 Å². The van der Waals surface area contributed by atoms with Crippen LogP contribution in [0.2, 0.25) is 5.02 Å². The summed E-state index contributed by atoms with van der Waals surface area (Å²) in [4.78, 5) is 24.9. The summed E-state index contributed by atoms with van der Waals surface area (Å²) < 4.78 is 11.2. The largest absolute Gasteiger partial charge is 0.492 e. The van der Waals surface area contributed by atoms with Crippen LogP contribution in [0.15, 0.2) is 72.8 Å². The first-order chi connectivity index (χ1) is 15.0. The molecule has 31 heavy (non-hydrogen) atoms. The van der Waals surface area contributed by atoms with Gasteiger partial charge in [0.15, 0.2) is 6.10 Å². The molecule has 3 aromatic rings. The summed E-state index contributed by atoms with van der Waals surface area (Å²) in [5.41, 5.74) is 1.57. The maximum atomic E-state index is 12.6. The van der Waals surface area contributed by atoms with E-state index in [4.69, 9.17) is 21.1 Å². The Labute approximate surface area is 186 Å². The van der Waals surface area contributed by atoms with Gasteiger partial charge in [-0.2, -0.15) is 0 Å². The molecule has 0 saturated carbocycles. The number of benzene rings is 3. The van der Waals surface area contributed by atoms with Gasteiger partial charge in [-0.3, -0.25) is 9.59 Å². The Bertz CT molecular complexity index is 1050. The van der Waals surface area contributed by atoms with Crippen molar-refractivity contribution in [3.8, 4) is 11.5 Å². The maximum absolute atomic E-state index is 12.6. The molecule has 0 heterocycles. The molecule has 0 radical (unpaired) electrons. The highest BCUT2D eigenvalue weighted by molar-refractivity contribution is 6.33. The van der Waals surface area contributed by atoms with Gasteiger partial charge in [-0.1, -0.05) is 35.9 Å². The minimum absolute atomic E-state index is 0.275. The van der Waals surface area contributed by atoms with E-state index in [0.29, 0.717) is 40.1 Å². The molecule has 0 aliphatic heterocycles. The first-order valence-electron chi connectivity index (χ1n) is 9.83. The molecule has 1 atom stereocenters. The number of carbonyl (C=O) groups is 2. The Balaban J connectivity index is 1.60. The standard InChI is InChI=1S/C24H23ClN2O4/c1-3-30-22-11-7-6-10-21(22)27-24(29)17-12-14-18(15-13-17)31-16(2)23(28)26-20-9-5-4-8-19(20)25/h4-16H,3H2,1-2H3,(H,26,28)(H,27,29). The van der Waals surface area contributed by atoms with E-state index in [9.17, 15) is 9.59 Å². The average Bonchev–Trinajstić information content (AvgIpc) is 2.77. The monoisotopic (exact) mass is 438 g/mol. The van der Waals surface area contributed by atoms with Gasteiger partial charge < -0.3 is 20.1 Å². The molecule has 0 aromatic heterocycles. The van der Waals surface area contributed by atoms with Crippen molar-refractivity contribution in [2.45, 2.75) is 20.0 Å². The van der Waals surface area contributed by atoms with E-state index in [1.165, 1.54) is 0 Å². The van der Waals surface area contributed by atoms with Crippen molar-refractivity contribution in [1.82, 2.24) is 0 Å². The van der Waals surface area contributed by atoms with Crippen LogP contribution in [0.1, 0.15) is 24.2 Å². The Morgan fingerprint density at radius 1 is 0.903 bits per heavy atom. The molecule has 2 N–H and O–H groups in total. The highest BCUT2D eigenvalue weighted by Crippen LogP contribution is 2.25. The predicted octanol–water partition coefficient (Wildman–Crippen LogP) is 5.40. The van der Waals surface area contributed by atoms with Crippen LogP contribution in [-0.4, -0.2) is 24.5 Å². The zero-order valence-electron chi connectivity index (χ0n) is 17.2. The third-order valence-corrected chi connectivity index (χ3v) is 4.70. The fourth-order valence-corrected chi connectivity index (χ4v) is 2.97. The minimum Gasteiger partial charge on any atom is -0.492 e. The van der Waals surface area contributed by atoms with E-state index >= 15 is 0 Å². The van der Waals surface area contributed by atoms with E-state index in [1.54, 1.807) is 67.6 Å². The first-order valence-corrected chi connectivity index (χ1v) is 10.2. The van der Waals surface area contributed by atoms with Crippen molar-refractivity contribution < 1.29 is 19.1 Å². The second kappa shape index (κ2) is 10.5. The molecule has 0 aliphatic rings. The fourth-order valence-electron chi connectivity index (χ4n) is 2.79. The molecule has 0 bridgehead atoms. The molecule has 0 fully saturated rings. The summed E-state index contributed by atoms with van der Waals surface area (Å²) in [6.07, 6.45) is -0.756. The number of rotatable bonds is 8. The van der Waals surface area contributed by atoms with E-state index < -0.39 is 6.10 Å². The van der Waals surface area contributed by atoms with Gasteiger partial charge in [0, 0.05) is 5.56 Å². The van der Waals surface area contributed by atoms with Crippen molar-refractivity contribution in [2.75, 3.05) is 17.2 Å². The van der Waals surface area contributed by atoms with Crippen molar-refractivity contribution in [1.29, 1.82) is 0 Å². The molecule has 1 unspecified atom stereocenters. The molecule has 6 nitrogen and oxygen atoms in total. The maximum Gasteiger partial charge on any atom is 0.265 e. The van der Waals surface area contributed by atoms with Crippen LogP contribution < -0.4 is 20.1 Å². The number of ether oxygens (including phenoxy) is 2. The Kier molecular flexibility index (Phi) is 7.51. The number of carbonyl (C=O) groups excluding carboxylic acids is 2. The van der Waals surface area contributed by atoms with Gasteiger partial charge in [-0.05, 0) is 62.4 Å². The topological polar surface area (TPSA) is 76.7 Å². The molecule has 2 amide bonds. The van der Waals surface area contributed by atoms with Crippen molar-refractivity contribution >= 4 is 34.8 Å². The average molecular weight is 439 g/mol. The zero-order valence-corrected chi connectivity index (χ0v) is 18.0. The first kappa shape index (κ1) is 22.2. The van der Waals surface area contributed by atoms with E-state index in [1.807, 2.05) is 19.1 Å². The second-order valence-corrected chi connectivity index (χ2v) is 7.04. The van der Waals surface area contributed by atoms with E-state index in [2.05, 4.69) is 10.6 Å². The highest BCUT2D eigenvalue weighted by atomic mass is 35.5. The van der Waals surface area contributed by atoms with Crippen LogP contribution in [0.3, 0.4) is 0 Å². The van der Waals surface area contributed by atoms with Gasteiger partial charge in [-0.15, -0.1) is 0 Å². The van der Waals surface area contributed by atoms with Crippen LogP contribution in [-0.2, 0) is 4.79 Å². The molecule has 0 saturated heterocycles. The molecule has 3 aromatic carbocycles. The van der Waals surface area contributed by atoms with Crippen LogP contribution in [0, 0.1) is 0 Å². The van der Waals surface area contributed by atoms with Gasteiger partial charge in [0.2, 0.25) is 0 Å². The summed E-state index contributed by atoms with van der Waals surface area (Å²) in [6.45, 7) is 4.02. The van der Waals surface area contributed by atoms with Gasteiger partial charge in [0.05, 0.1) is 23.0 Å². The van der Waals surface area contributed by atoms with E-state index in [-0.39, 0.29) is 11.8 Å². The Morgan fingerprint density at radius 3 is 2.23 bits per heavy atom. The van der Waals surface area contributed by atoms with Gasteiger partial charge in [0.1, 0.15) is 11.5 Å². The number of para-hydroxylation sites is 3. The highest BCUT2D eigenvalue weighted by Gasteiger charge is 2.16. The summed E-state index contributed by atoms with van der Waals surface area (Å²) in [7, 11) is 0. The molecule has 0 spiro atoms. The van der Waals surface area contributed by atoms with Crippen LogP contribution in [0.25, 0.3) is 0 Å². The SMILES string of the molecule is CCOc1ccccc1NC(=O)c1ccc(OC(C)C(=O)Nc2ccccc2Cl)cc1. The predicted molar refractivity (Wildman–Crippen MR) is 122 cm³/mol. The lowest BCUT2D eigenvalue weighted by molar-refractivity contribution is -0.122. The Morgan fingerprint density at radius 2 is 1.55 bits per heavy atom. The lowest BCUT2D eigenvalue weighted by Gasteiger charge is -2.16. The van der Waals surface area contributed by atoms with Crippen LogP contribution >= 0.6 is 11.6 Å². The van der Waals surface area contributed by atoms with Crippen molar-refractivity contribution in [2.24, 2.45) is 0 Å². The molecular formula is C24H23ClN2O4. The number of amides is 2. The summed E-state index contributed by atoms with van der Waals surface area (Å²) in [5, 5.41) is 6.02. The molecule has 160 valence electrons. The lowest BCUT2D eigenvalue weighted by atomic mass is 10.2.